The minimum atomic E-state index is -0.971. The van der Waals surface area contributed by atoms with Crippen LogP contribution in [0.5, 0.6) is 0 Å². The van der Waals surface area contributed by atoms with E-state index >= 15 is 0 Å². The highest BCUT2D eigenvalue weighted by Crippen LogP contribution is 2.26. The van der Waals surface area contributed by atoms with Crippen molar-refractivity contribution in [1.82, 2.24) is 4.90 Å². The molecule has 0 radical (unpaired) electrons. The zero-order valence-electron chi connectivity index (χ0n) is 10.6. The molecule has 1 fully saturated rings. The van der Waals surface area contributed by atoms with E-state index in [1.807, 2.05) is 0 Å². The van der Waals surface area contributed by atoms with Gasteiger partial charge < -0.3 is 4.90 Å². The van der Waals surface area contributed by atoms with E-state index in [0.29, 0.717) is 0 Å². The van der Waals surface area contributed by atoms with E-state index < -0.39 is 8.07 Å². The van der Waals surface area contributed by atoms with Gasteiger partial charge in [-0.3, -0.25) is 0 Å². The molecule has 1 rings (SSSR count). The molecule has 0 aromatic heterocycles. The fourth-order valence-corrected chi connectivity index (χ4v) is 6.09. The van der Waals surface area contributed by atoms with Crippen LogP contribution < -0.4 is 0 Å². The van der Waals surface area contributed by atoms with Gasteiger partial charge in [0.15, 0.2) is 0 Å². The van der Waals surface area contributed by atoms with E-state index in [2.05, 4.69) is 31.4 Å². The van der Waals surface area contributed by atoms with Gasteiger partial charge in [0, 0.05) is 0 Å². The summed E-state index contributed by atoms with van der Waals surface area (Å²) >= 11 is 0. The molecule has 1 nitrogen and oxygen atoms in total. The van der Waals surface area contributed by atoms with Crippen molar-refractivity contribution < 1.29 is 0 Å². The Bertz CT molecular complexity index is 181. The summed E-state index contributed by atoms with van der Waals surface area (Å²) in [6.07, 6.45) is 5.02. The van der Waals surface area contributed by atoms with Gasteiger partial charge in [-0.1, -0.05) is 32.0 Å². The summed E-state index contributed by atoms with van der Waals surface area (Å²) in [5.74, 6) is 0. The monoisotopic (exact) mass is 225 g/mol. The zero-order chi connectivity index (χ0) is 11.1. The lowest BCUT2D eigenvalue weighted by Gasteiger charge is -2.30. The smallest absolute Gasteiger partial charge is 0.0580 e. The Kier molecular flexibility index (Phi) is 5.62. The number of likely N-dealkylation sites (tertiary alicyclic amines) is 1. The van der Waals surface area contributed by atoms with Gasteiger partial charge in [0.05, 0.1) is 8.07 Å². The molecule has 1 aliphatic rings. The van der Waals surface area contributed by atoms with Crippen LogP contribution in [0.4, 0.5) is 0 Å². The maximum absolute atomic E-state index is 3.94. The molecule has 15 heavy (non-hydrogen) atoms. The molecule has 0 amide bonds. The first kappa shape index (κ1) is 13.0. The molecule has 0 N–H and O–H groups in total. The average Bonchev–Trinajstić information content (AvgIpc) is 2.77. The second kappa shape index (κ2) is 6.49. The molecule has 88 valence electrons. The maximum atomic E-state index is 3.94. The van der Waals surface area contributed by atoms with Crippen molar-refractivity contribution in [3.8, 4) is 0 Å². The molecule has 1 heterocycles. The molecule has 1 aliphatic heterocycles. The normalized spacial score (nSPS) is 18.3. The van der Waals surface area contributed by atoms with Gasteiger partial charge >= 0.3 is 0 Å². The molecule has 0 atom stereocenters. The third-order valence-corrected chi connectivity index (χ3v) is 9.67. The number of allylic oxidation sites excluding steroid dienone is 1. The summed E-state index contributed by atoms with van der Waals surface area (Å²) in [5.41, 5.74) is 0. The van der Waals surface area contributed by atoms with Crippen molar-refractivity contribution in [1.29, 1.82) is 0 Å². The molecule has 0 saturated carbocycles. The highest BCUT2D eigenvalue weighted by atomic mass is 28.3. The largest absolute Gasteiger partial charge is 0.304 e. The van der Waals surface area contributed by atoms with Crippen molar-refractivity contribution in [2.45, 2.75) is 50.9 Å². The predicted molar refractivity (Wildman–Crippen MR) is 72.2 cm³/mol. The Labute approximate surface area is 96.6 Å². The van der Waals surface area contributed by atoms with Crippen molar-refractivity contribution in [2.24, 2.45) is 0 Å². The second-order valence-electron chi connectivity index (χ2n) is 5.00. The Morgan fingerprint density at radius 1 is 1.20 bits per heavy atom. The van der Waals surface area contributed by atoms with Gasteiger partial charge in [0.2, 0.25) is 0 Å². The van der Waals surface area contributed by atoms with Crippen LogP contribution in [-0.4, -0.2) is 32.6 Å². The van der Waals surface area contributed by atoms with E-state index in [-0.39, 0.29) is 0 Å². The molecule has 1 saturated heterocycles. The summed E-state index contributed by atoms with van der Waals surface area (Å²) in [7, 11) is -0.971. The van der Waals surface area contributed by atoms with Crippen LogP contribution >= 0.6 is 0 Å². The van der Waals surface area contributed by atoms with Gasteiger partial charge in [-0.2, -0.15) is 0 Å². The molecule has 0 bridgehead atoms. The minimum Gasteiger partial charge on any atom is -0.304 e. The standard InChI is InChI=1S/C13H27NSi/c1-4-12-15(5-2,6-3)13-11-14-9-7-8-10-14/h4H,1,5-13H2,2-3H3. The Morgan fingerprint density at radius 3 is 2.27 bits per heavy atom. The lowest BCUT2D eigenvalue weighted by Crippen LogP contribution is -2.36. The SMILES string of the molecule is C=CC[Si](CC)(CC)CCN1CCCC1. The first-order chi connectivity index (χ1) is 7.26. The van der Waals surface area contributed by atoms with Crippen LogP contribution in [0.1, 0.15) is 26.7 Å². The highest BCUT2D eigenvalue weighted by molar-refractivity contribution is 6.80. The van der Waals surface area contributed by atoms with Crippen LogP contribution in [0.15, 0.2) is 12.7 Å². The number of hydrogen-bond acceptors (Lipinski definition) is 1. The van der Waals surface area contributed by atoms with Crippen LogP contribution in [-0.2, 0) is 0 Å². The molecule has 2 heteroatoms. The summed E-state index contributed by atoms with van der Waals surface area (Å²) in [6.45, 7) is 12.8. The first-order valence-corrected chi connectivity index (χ1v) is 9.42. The molecular weight excluding hydrogens is 198 g/mol. The second-order valence-corrected chi connectivity index (χ2v) is 10.3. The summed E-state index contributed by atoms with van der Waals surface area (Å²) < 4.78 is 0. The summed E-state index contributed by atoms with van der Waals surface area (Å²) in [5, 5.41) is 0. The number of nitrogens with zero attached hydrogens (tertiary/aromatic N) is 1. The van der Waals surface area contributed by atoms with Crippen molar-refractivity contribution in [3.05, 3.63) is 12.7 Å². The van der Waals surface area contributed by atoms with E-state index in [0.717, 1.165) is 0 Å². The lowest BCUT2D eigenvalue weighted by atomic mass is 10.4. The topological polar surface area (TPSA) is 3.24 Å². The third-order valence-electron chi connectivity index (χ3n) is 4.23. The molecule has 0 aromatic rings. The highest BCUT2D eigenvalue weighted by Gasteiger charge is 2.28. The Morgan fingerprint density at radius 2 is 1.80 bits per heavy atom. The van der Waals surface area contributed by atoms with Crippen molar-refractivity contribution >= 4 is 8.07 Å². The van der Waals surface area contributed by atoms with E-state index in [1.165, 1.54) is 56.7 Å². The Hall–Kier alpha value is -0.0831. The maximum Gasteiger partial charge on any atom is 0.0580 e. The van der Waals surface area contributed by atoms with E-state index in [9.17, 15) is 0 Å². The van der Waals surface area contributed by atoms with Crippen LogP contribution in [0.25, 0.3) is 0 Å². The molecule has 0 aliphatic carbocycles. The third kappa shape index (κ3) is 3.76. The lowest BCUT2D eigenvalue weighted by molar-refractivity contribution is 0.356. The summed E-state index contributed by atoms with van der Waals surface area (Å²) in [6, 6.07) is 5.69. The molecular formula is C13H27NSi. The average molecular weight is 225 g/mol. The van der Waals surface area contributed by atoms with E-state index in [4.69, 9.17) is 0 Å². The fourth-order valence-electron chi connectivity index (χ4n) is 2.70. The van der Waals surface area contributed by atoms with Gasteiger partial charge in [0.25, 0.3) is 0 Å². The minimum absolute atomic E-state index is 0.971. The van der Waals surface area contributed by atoms with Gasteiger partial charge in [-0.25, -0.2) is 0 Å². The molecule has 0 unspecified atom stereocenters. The van der Waals surface area contributed by atoms with Crippen LogP contribution in [0.3, 0.4) is 0 Å². The molecule has 0 spiro atoms. The van der Waals surface area contributed by atoms with Gasteiger partial charge in [0.1, 0.15) is 0 Å². The van der Waals surface area contributed by atoms with E-state index in [1.54, 1.807) is 0 Å². The van der Waals surface area contributed by atoms with Gasteiger partial charge in [-0.05, 0) is 44.6 Å². The number of rotatable bonds is 7. The quantitative estimate of drug-likeness (QED) is 0.471. The summed E-state index contributed by atoms with van der Waals surface area (Å²) in [4.78, 5) is 2.66. The van der Waals surface area contributed by atoms with Crippen LogP contribution in [0, 0.1) is 0 Å². The zero-order valence-corrected chi connectivity index (χ0v) is 11.6. The Balaban J connectivity index is 2.38. The molecule has 0 aromatic carbocycles. The number of hydrogen-bond donors (Lipinski definition) is 0. The predicted octanol–water partition coefficient (Wildman–Crippen LogP) is 3.76. The van der Waals surface area contributed by atoms with Crippen LogP contribution in [0.2, 0.25) is 24.2 Å². The van der Waals surface area contributed by atoms with Crippen molar-refractivity contribution in [2.75, 3.05) is 19.6 Å². The fraction of sp³-hybridized carbons (Fsp3) is 0.846. The van der Waals surface area contributed by atoms with Crippen molar-refractivity contribution in [3.63, 3.8) is 0 Å². The van der Waals surface area contributed by atoms with Gasteiger partial charge in [-0.15, -0.1) is 6.58 Å². The first-order valence-electron chi connectivity index (χ1n) is 6.59.